The van der Waals surface area contributed by atoms with Gasteiger partial charge in [-0.3, -0.25) is 9.59 Å². The van der Waals surface area contributed by atoms with E-state index in [0.717, 1.165) is 52.6 Å². The van der Waals surface area contributed by atoms with Gasteiger partial charge in [-0.25, -0.2) is 0 Å². The van der Waals surface area contributed by atoms with Gasteiger partial charge in [0.2, 0.25) is 0 Å². The van der Waals surface area contributed by atoms with Gasteiger partial charge in [0, 0.05) is 30.1 Å². The van der Waals surface area contributed by atoms with Crippen molar-refractivity contribution in [3.8, 4) is 5.75 Å². The van der Waals surface area contributed by atoms with E-state index in [9.17, 15) is 14.7 Å². The van der Waals surface area contributed by atoms with E-state index in [0.29, 0.717) is 19.6 Å². The van der Waals surface area contributed by atoms with Crippen LogP contribution in [-0.2, 0) is 29.0 Å². The molecule has 0 saturated carbocycles. The normalized spacial score (nSPS) is 11.3. The third kappa shape index (κ3) is 7.59. The Morgan fingerprint density at radius 3 is 2.34 bits per heavy atom. The van der Waals surface area contributed by atoms with Crippen LogP contribution < -0.4 is 4.74 Å². The van der Waals surface area contributed by atoms with Gasteiger partial charge in [-0.2, -0.15) is 0 Å². The van der Waals surface area contributed by atoms with Crippen LogP contribution in [0.25, 0.3) is 23.1 Å². The molecule has 3 aromatic carbocycles. The first kappa shape index (κ1) is 26.7. The Balaban J connectivity index is 1.40. The number of rotatable bonds is 14. The minimum absolute atomic E-state index is 0.0704. The number of ether oxygens (including phenoxy) is 1. The second kappa shape index (κ2) is 13.3. The molecule has 196 valence electrons. The van der Waals surface area contributed by atoms with Gasteiger partial charge in [0.15, 0.2) is 0 Å². The van der Waals surface area contributed by atoms with Gasteiger partial charge in [0.25, 0.3) is 0 Å². The molecule has 0 bridgehead atoms. The summed E-state index contributed by atoms with van der Waals surface area (Å²) >= 11 is 0. The molecule has 2 N–H and O–H groups in total. The maximum Gasteiger partial charge on any atom is 0.307 e. The molecule has 4 aromatic rings. The lowest BCUT2D eigenvalue weighted by Gasteiger charge is -2.07. The summed E-state index contributed by atoms with van der Waals surface area (Å²) in [5, 5.41) is 19.3. The monoisotopic (exact) mass is 511 g/mol. The molecular weight excluding hydrogens is 478 g/mol. The van der Waals surface area contributed by atoms with Crippen molar-refractivity contribution >= 4 is 35.0 Å². The molecule has 0 aliphatic rings. The van der Waals surface area contributed by atoms with Crippen molar-refractivity contribution in [2.45, 2.75) is 45.1 Å². The van der Waals surface area contributed by atoms with Crippen molar-refractivity contribution in [2.75, 3.05) is 6.61 Å². The Labute approximate surface area is 222 Å². The number of aryl methyl sites for hydroxylation is 2. The molecule has 4 rings (SSSR count). The predicted octanol–water partition coefficient (Wildman–Crippen LogP) is 6.71. The van der Waals surface area contributed by atoms with E-state index in [2.05, 4.69) is 24.3 Å². The third-order valence-corrected chi connectivity index (χ3v) is 6.46. The Morgan fingerprint density at radius 2 is 1.61 bits per heavy atom. The molecule has 0 aliphatic carbocycles. The van der Waals surface area contributed by atoms with Gasteiger partial charge in [-0.1, -0.05) is 66.7 Å². The third-order valence-electron chi connectivity index (χ3n) is 6.46. The second-order valence-electron chi connectivity index (χ2n) is 9.35. The molecule has 1 heterocycles. The first-order valence-corrected chi connectivity index (χ1v) is 13.0. The Morgan fingerprint density at radius 1 is 0.816 bits per heavy atom. The number of aromatic nitrogens is 1. The minimum atomic E-state index is -0.899. The summed E-state index contributed by atoms with van der Waals surface area (Å²) < 4.78 is 7.86. The van der Waals surface area contributed by atoms with Gasteiger partial charge >= 0.3 is 11.9 Å². The van der Waals surface area contributed by atoms with Gasteiger partial charge in [0.05, 0.1) is 13.0 Å². The SMILES string of the molecule is O=C(O)CCCn1cc(CC(=O)O)c2c(C=Cc3ccc(OCCCCc4ccccc4)cc3)cccc21. The van der Waals surface area contributed by atoms with Crippen molar-refractivity contribution in [3.63, 3.8) is 0 Å². The van der Waals surface area contributed by atoms with Crippen molar-refractivity contribution in [3.05, 3.63) is 101 Å². The van der Waals surface area contributed by atoms with Crippen molar-refractivity contribution in [1.29, 1.82) is 0 Å². The van der Waals surface area contributed by atoms with Crippen LogP contribution in [-0.4, -0.2) is 33.3 Å². The number of fused-ring (bicyclic) bond motifs is 1. The van der Waals surface area contributed by atoms with Crippen LogP contribution >= 0.6 is 0 Å². The van der Waals surface area contributed by atoms with Crippen LogP contribution in [0.4, 0.5) is 0 Å². The van der Waals surface area contributed by atoms with Crippen LogP contribution in [0.1, 0.15) is 47.9 Å². The number of carboxylic acids is 2. The maximum atomic E-state index is 11.5. The van der Waals surface area contributed by atoms with E-state index >= 15 is 0 Å². The lowest BCUT2D eigenvalue weighted by Crippen LogP contribution is -2.01. The van der Waals surface area contributed by atoms with E-state index < -0.39 is 11.9 Å². The zero-order chi connectivity index (χ0) is 26.7. The summed E-state index contributed by atoms with van der Waals surface area (Å²) in [4.78, 5) is 22.4. The number of carbonyl (C=O) groups is 2. The number of aliphatic carboxylic acids is 2. The lowest BCUT2D eigenvalue weighted by atomic mass is 10.0. The molecule has 0 aliphatic heterocycles. The summed E-state index contributed by atoms with van der Waals surface area (Å²) in [6.07, 6.45) is 9.43. The first-order valence-electron chi connectivity index (χ1n) is 13.0. The largest absolute Gasteiger partial charge is 0.494 e. The number of hydrogen-bond donors (Lipinski definition) is 2. The predicted molar refractivity (Wildman–Crippen MR) is 150 cm³/mol. The molecule has 0 amide bonds. The summed E-state index contributed by atoms with van der Waals surface area (Å²) in [6, 6.07) is 24.3. The average molecular weight is 512 g/mol. The zero-order valence-corrected chi connectivity index (χ0v) is 21.4. The zero-order valence-electron chi connectivity index (χ0n) is 21.4. The fraction of sp³-hybridized carbons (Fsp3) is 0.250. The van der Waals surface area contributed by atoms with E-state index in [4.69, 9.17) is 9.84 Å². The van der Waals surface area contributed by atoms with E-state index in [-0.39, 0.29) is 12.8 Å². The van der Waals surface area contributed by atoms with Crippen LogP contribution in [0.3, 0.4) is 0 Å². The molecule has 0 atom stereocenters. The van der Waals surface area contributed by atoms with Crippen LogP contribution in [0, 0.1) is 0 Å². The summed E-state index contributed by atoms with van der Waals surface area (Å²) in [6.45, 7) is 1.20. The van der Waals surface area contributed by atoms with Crippen molar-refractivity contribution < 1.29 is 24.5 Å². The molecule has 0 spiro atoms. The van der Waals surface area contributed by atoms with Crippen LogP contribution in [0.15, 0.2) is 79.0 Å². The Bertz CT molecular complexity index is 1390. The lowest BCUT2D eigenvalue weighted by molar-refractivity contribution is -0.137. The Kier molecular flexibility index (Phi) is 9.35. The molecule has 0 unspecified atom stereocenters. The fourth-order valence-electron chi connectivity index (χ4n) is 4.62. The van der Waals surface area contributed by atoms with Crippen LogP contribution in [0.2, 0.25) is 0 Å². The number of unbranched alkanes of at least 4 members (excludes halogenated alkanes) is 1. The van der Waals surface area contributed by atoms with E-state index in [1.54, 1.807) is 0 Å². The van der Waals surface area contributed by atoms with Gasteiger partial charge in [-0.15, -0.1) is 0 Å². The Hall–Kier alpha value is -4.32. The smallest absolute Gasteiger partial charge is 0.307 e. The number of benzene rings is 3. The average Bonchev–Trinajstić information content (AvgIpc) is 3.25. The highest BCUT2D eigenvalue weighted by Gasteiger charge is 2.14. The van der Waals surface area contributed by atoms with Gasteiger partial charge in [0.1, 0.15) is 5.75 Å². The second-order valence-corrected chi connectivity index (χ2v) is 9.35. The highest BCUT2D eigenvalue weighted by Crippen LogP contribution is 2.28. The molecule has 6 nitrogen and oxygen atoms in total. The molecule has 0 radical (unpaired) electrons. The number of nitrogens with zero attached hydrogens (tertiary/aromatic N) is 1. The highest BCUT2D eigenvalue weighted by atomic mass is 16.5. The molecular formula is C32H33NO5. The maximum absolute atomic E-state index is 11.5. The summed E-state index contributed by atoms with van der Waals surface area (Å²) in [7, 11) is 0. The number of carboxylic acid groups (broad SMARTS) is 2. The first-order chi connectivity index (χ1) is 18.5. The quantitative estimate of drug-likeness (QED) is 0.145. The molecule has 1 aromatic heterocycles. The van der Waals surface area contributed by atoms with E-state index in [1.165, 1.54) is 5.56 Å². The molecule has 6 heteroatoms. The van der Waals surface area contributed by atoms with Crippen molar-refractivity contribution in [2.24, 2.45) is 0 Å². The highest BCUT2D eigenvalue weighted by molar-refractivity contribution is 5.96. The molecule has 0 saturated heterocycles. The van der Waals surface area contributed by atoms with Crippen LogP contribution in [0.5, 0.6) is 5.75 Å². The van der Waals surface area contributed by atoms with Gasteiger partial charge < -0.3 is 19.5 Å². The minimum Gasteiger partial charge on any atom is -0.494 e. The topological polar surface area (TPSA) is 88.8 Å². The summed E-state index contributed by atoms with van der Waals surface area (Å²) in [5.74, 6) is -0.898. The van der Waals surface area contributed by atoms with Gasteiger partial charge in [-0.05, 0) is 66.1 Å². The van der Waals surface area contributed by atoms with Crippen molar-refractivity contribution in [1.82, 2.24) is 4.57 Å². The molecule has 0 fully saturated rings. The fourth-order valence-corrected chi connectivity index (χ4v) is 4.62. The summed E-state index contributed by atoms with van der Waals surface area (Å²) in [5.41, 5.74) is 4.92. The molecule has 38 heavy (non-hydrogen) atoms. The number of hydrogen-bond acceptors (Lipinski definition) is 3. The van der Waals surface area contributed by atoms with E-state index in [1.807, 2.05) is 71.4 Å². The standard InChI is InChI=1S/C32H33NO5/c34-30(35)13-7-20-33-23-27(22-31(36)37)32-26(11-6-12-29(32)33)17-14-25-15-18-28(19-16-25)38-21-5-4-10-24-8-2-1-3-9-24/h1-3,6,8-9,11-12,14-19,23H,4-5,7,10,13,20-22H2,(H,34,35)(H,36,37).